The summed E-state index contributed by atoms with van der Waals surface area (Å²) >= 11 is 0. The number of amidine groups is 1. The van der Waals surface area contributed by atoms with Crippen LogP contribution in [0.4, 0.5) is 11.4 Å². The molecular weight excluding hydrogens is 322 g/mol. The van der Waals surface area contributed by atoms with E-state index in [1.807, 2.05) is 91.1 Å². The summed E-state index contributed by atoms with van der Waals surface area (Å²) in [7, 11) is 0. The van der Waals surface area contributed by atoms with E-state index in [0.29, 0.717) is 5.84 Å². The van der Waals surface area contributed by atoms with E-state index in [2.05, 4.69) is 25.7 Å². The number of fused-ring (bicyclic) bond motifs is 1. The lowest BCUT2D eigenvalue weighted by Gasteiger charge is -2.02. The van der Waals surface area contributed by atoms with E-state index in [9.17, 15) is 0 Å². The highest BCUT2D eigenvalue weighted by Gasteiger charge is 2.10. The van der Waals surface area contributed by atoms with Crippen LogP contribution < -0.4 is 5.43 Å². The number of nitrogens with one attached hydrogen (secondary N) is 2. The van der Waals surface area contributed by atoms with E-state index in [4.69, 9.17) is 0 Å². The molecule has 126 valence electrons. The number of aromatic nitrogens is 1. The molecule has 0 unspecified atom stereocenters. The fourth-order valence-electron chi connectivity index (χ4n) is 2.62. The lowest BCUT2D eigenvalue weighted by molar-refractivity contribution is 1.22. The quantitative estimate of drug-likeness (QED) is 0.212. The summed E-state index contributed by atoms with van der Waals surface area (Å²) in [6, 6.07) is 27.4. The Bertz CT molecular complexity index is 1050. The molecule has 0 aliphatic carbocycles. The number of benzene rings is 3. The third-order valence-corrected chi connectivity index (χ3v) is 3.91. The van der Waals surface area contributed by atoms with Gasteiger partial charge in [-0.3, -0.25) is 5.43 Å². The van der Waals surface area contributed by atoms with Crippen LogP contribution >= 0.6 is 0 Å². The first-order chi connectivity index (χ1) is 12.9. The molecule has 0 bridgehead atoms. The van der Waals surface area contributed by atoms with Crippen molar-refractivity contribution >= 4 is 28.1 Å². The Morgan fingerprint density at radius 2 is 1.46 bits per heavy atom. The summed E-state index contributed by atoms with van der Waals surface area (Å²) < 4.78 is 0. The van der Waals surface area contributed by atoms with Gasteiger partial charge in [-0.05, 0) is 30.3 Å². The minimum atomic E-state index is 0.509. The van der Waals surface area contributed by atoms with Gasteiger partial charge < -0.3 is 4.98 Å². The molecule has 1 aromatic heterocycles. The average Bonchev–Trinajstić information content (AvgIpc) is 3.14. The predicted octanol–water partition coefficient (Wildman–Crippen LogP) is 5.73. The largest absolute Gasteiger partial charge is 0.360 e. The molecule has 4 rings (SSSR count). The Balaban J connectivity index is 1.72. The molecule has 0 radical (unpaired) electrons. The van der Waals surface area contributed by atoms with Gasteiger partial charge in [0.25, 0.3) is 0 Å². The number of hydrogen-bond donors (Lipinski definition) is 2. The Morgan fingerprint density at radius 3 is 2.27 bits per heavy atom. The molecule has 2 N–H and O–H groups in total. The second-order valence-electron chi connectivity index (χ2n) is 5.70. The summed E-state index contributed by atoms with van der Waals surface area (Å²) in [5.41, 5.74) is 6.65. The SMILES string of the molecule is c1ccc(N=NC(=NNc2ccccc2)c2c[nH]c3ccccc23)cc1. The molecule has 0 amide bonds. The van der Waals surface area contributed by atoms with Gasteiger partial charge in [-0.15, -0.1) is 10.2 Å². The maximum absolute atomic E-state index is 4.49. The molecule has 0 aliphatic rings. The lowest BCUT2D eigenvalue weighted by Crippen LogP contribution is -2.00. The molecule has 0 atom stereocenters. The third-order valence-electron chi connectivity index (χ3n) is 3.91. The molecule has 1 heterocycles. The van der Waals surface area contributed by atoms with E-state index in [0.717, 1.165) is 27.8 Å². The number of azo groups is 1. The number of H-pyrrole nitrogens is 1. The first-order valence-corrected chi connectivity index (χ1v) is 8.32. The van der Waals surface area contributed by atoms with Crippen LogP contribution in [0.5, 0.6) is 0 Å². The number of para-hydroxylation sites is 2. The molecule has 0 saturated carbocycles. The Kier molecular flexibility index (Phi) is 4.52. The van der Waals surface area contributed by atoms with Crippen molar-refractivity contribution in [1.29, 1.82) is 0 Å². The van der Waals surface area contributed by atoms with Crippen LogP contribution in [0.1, 0.15) is 5.56 Å². The van der Waals surface area contributed by atoms with E-state index < -0.39 is 0 Å². The predicted molar refractivity (Wildman–Crippen MR) is 106 cm³/mol. The van der Waals surface area contributed by atoms with Crippen molar-refractivity contribution in [3.05, 3.63) is 96.7 Å². The highest BCUT2D eigenvalue weighted by atomic mass is 15.3. The maximum Gasteiger partial charge on any atom is 0.203 e. The average molecular weight is 339 g/mol. The van der Waals surface area contributed by atoms with E-state index in [-0.39, 0.29) is 0 Å². The van der Waals surface area contributed by atoms with Crippen LogP contribution in [-0.2, 0) is 0 Å². The second kappa shape index (κ2) is 7.44. The highest BCUT2D eigenvalue weighted by Crippen LogP contribution is 2.21. The van der Waals surface area contributed by atoms with Gasteiger partial charge in [0.15, 0.2) is 0 Å². The molecule has 26 heavy (non-hydrogen) atoms. The molecular formula is C21H17N5. The van der Waals surface area contributed by atoms with Gasteiger partial charge in [0.1, 0.15) is 0 Å². The molecule has 3 aromatic carbocycles. The molecule has 0 fully saturated rings. The summed E-state index contributed by atoms with van der Waals surface area (Å²) in [5.74, 6) is 0.509. The number of nitrogens with zero attached hydrogens (tertiary/aromatic N) is 3. The van der Waals surface area contributed by atoms with Gasteiger partial charge in [0, 0.05) is 22.7 Å². The Morgan fingerprint density at radius 1 is 0.769 bits per heavy atom. The van der Waals surface area contributed by atoms with Gasteiger partial charge in [-0.25, -0.2) is 0 Å². The summed E-state index contributed by atoms with van der Waals surface area (Å²) in [5, 5.41) is 14.3. The summed E-state index contributed by atoms with van der Waals surface area (Å²) in [6.07, 6.45) is 1.90. The number of rotatable bonds is 4. The zero-order valence-corrected chi connectivity index (χ0v) is 14.0. The standard InChI is InChI=1S/C21H17N5/c1-3-9-16(10-4-1)23-25-21(26-24-17-11-5-2-6-12-17)19-15-22-20-14-8-7-13-18(19)20/h1-15,22-23H. The minimum Gasteiger partial charge on any atom is -0.360 e. The fraction of sp³-hybridized carbons (Fsp3) is 0. The van der Waals surface area contributed by atoms with Crippen molar-refractivity contribution in [2.75, 3.05) is 5.43 Å². The van der Waals surface area contributed by atoms with Gasteiger partial charge in [-0.2, -0.15) is 5.10 Å². The molecule has 4 aromatic rings. The van der Waals surface area contributed by atoms with Crippen LogP contribution in [0.3, 0.4) is 0 Å². The second-order valence-corrected chi connectivity index (χ2v) is 5.70. The van der Waals surface area contributed by atoms with E-state index >= 15 is 0 Å². The monoisotopic (exact) mass is 339 g/mol. The third kappa shape index (κ3) is 3.52. The van der Waals surface area contributed by atoms with Crippen LogP contribution in [-0.4, -0.2) is 10.8 Å². The van der Waals surface area contributed by atoms with Crippen molar-refractivity contribution in [3.63, 3.8) is 0 Å². The molecule has 5 nitrogen and oxygen atoms in total. The lowest BCUT2D eigenvalue weighted by atomic mass is 10.1. The van der Waals surface area contributed by atoms with Crippen molar-refractivity contribution in [1.82, 2.24) is 4.98 Å². The van der Waals surface area contributed by atoms with E-state index in [1.165, 1.54) is 0 Å². The Hall–Kier alpha value is -3.73. The van der Waals surface area contributed by atoms with E-state index in [1.54, 1.807) is 0 Å². The van der Waals surface area contributed by atoms with Crippen LogP contribution in [0.2, 0.25) is 0 Å². The minimum absolute atomic E-state index is 0.509. The van der Waals surface area contributed by atoms with Crippen molar-refractivity contribution in [2.45, 2.75) is 0 Å². The van der Waals surface area contributed by atoms with Gasteiger partial charge >= 0.3 is 0 Å². The maximum atomic E-state index is 4.49. The topological polar surface area (TPSA) is 64.9 Å². The molecule has 5 heteroatoms. The highest BCUT2D eigenvalue weighted by molar-refractivity contribution is 6.10. The fourth-order valence-corrected chi connectivity index (χ4v) is 2.62. The Labute approximate surface area is 151 Å². The molecule has 0 aliphatic heterocycles. The smallest absolute Gasteiger partial charge is 0.203 e. The van der Waals surface area contributed by atoms with Gasteiger partial charge in [0.2, 0.25) is 5.84 Å². The van der Waals surface area contributed by atoms with Crippen LogP contribution in [0.25, 0.3) is 10.9 Å². The molecule has 0 saturated heterocycles. The summed E-state index contributed by atoms with van der Waals surface area (Å²) in [6.45, 7) is 0. The first kappa shape index (κ1) is 15.8. The summed E-state index contributed by atoms with van der Waals surface area (Å²) in [4.78, 5) is 3.25. The zero-order chi connectivity index (χ0) is 17.6. The number of aromatic amines is 1. The van der Waals surface area contributed by atoms with Gasteiger partial charge in [0.05, 0.1) is 11.4 Å². The van der Waals surface area contributed by atoms with Gasteiger partial charge in [-0.1, -0.05) is 54.6 Å². The number of hydrazone groups is 1. The van der Waals surface area contributed by atoms with Crippen molar-refractivity contribution in [2.24, 2.45) is 15.3 Å². The molecule has 0 spiro atoms. The first-order valence-electron chi connectivity index (χ1n) is 8.32. The van der Waals surface area contributed by atoms with Crippen molar-refractivity contribution < 1.29 is 0 Å². The zero-order valence-electron chi connectivity index (χ0n) is 14.0. The number of anilines is 1. The van der Waals surface area contributed by atoms with Crippen LogP contribution in [0, 0.1) is 0 Å². The van der Waals surface area contributed by atoms with Crippen molar-refractivity contribution in [3.8, 4) is 0 Å². The normalized spacial score (nSPS) is 11.9. The van der Waals surface area contributed by atoms with Crippen LogP contribution in [0.15, 0.2) is 106 Å². The number of hydrogen-bond acceptors (Lipinski definition) is 3.